The minimum Gasteiger partial charge on any atom is -0.370 e. The molecule has 0 aliphatic carbocycles. The maximum atomic E-state index is 13.1. The van der Waals surface area contributed by atoms with E-state index in [1.807, 2.05) is 45.0 Å². The molecule has 0 saturated heterocycles. The largest absolute Gasteiger partial charge is 0.370 e. The molecule has 6 heteroatoms. The number of nitrogens with one attached hydrogen (secondary N) is 1. The van der Waals surface area contributed by atoms with Gasteiger partial charge in [0, 0.05) is 5.69 Å². The van der Waals surface area contributed by atoms with Gasteiger partial charge in [0.1, 0.15) is 5.82 Å². The monoisotopic (exact) mass is 456 g/mol. The van der Waals surface area contributed by atoms with Gasteiger partial charge in [-0.25, -0.2) is 4.39 Å². The Bertz CT molecular complexity index is 694. The molecule has 2 aromatic rings. The van der Waals surface area contributed by atoms with Crippen LogP contribution in [-0.4, -0.2) is 31.5 Å². The van der Waals surface area contributed by atoms with Gasteiger partial charge in [0.25, 0.3) is 0 Å². The van der Waals surface area contributed by atoms with E-state index in [-0.39, 0.29) is 35.8 Å². The number of guanidine groups is 1. The summed E-state index contributed by atoms with van der Waals surface area (Å²) in [4.78, 5) is 6.49. The summed E-state index contributed by atoms with van der Waals surface area (Å²) in [6, 6.07) is 12.7. The van der Waals surface area contributed by atoms with E-state index in [1.165, 1.54) is 23.3 Å². The summed E-state index contributed by atoms with van der Waals surface area (Å²) in [5.74, 6) is 0.129. The van der Waals surface area contributed by atoms with Gasteiger partial charge in [0.2, 0.25) is 0 Å². The first-order valence-electron chi connectivity index (χ1n) is 7.92. The maximum absolute atomic E-state index is 13.1. The molecule has 0 spiro atoms. The fraction of sp³-hybridized carbons (Fsp3) is 0.316. The third kappa shape index (κ3) is 6.62. The number of benzene rings is 2. The number of aliphatic imine (C=N–C) groups is 1. The second kappa shape index (κ2) is 9.72. The van der Waals surface area contributed by atoms with Gasteiger partial charge in [-0.3, -0.25) is 4.99 Å². The third-order valence-corrected chi connectivity index (χ3v) is 3.81. The van der Waals surface area contributed by atoms with Crippen LogP contribution in [0.4, 0.5) is 10.1 Å². The van der Waals surface area contributed by atoms with E-state index < -0.39 is 0 Å². The van der Waals surface area contributed by atoms with Crippen LogP contribution in [0.25, 0.3) is 0 Å². The molecule has 0 radical (unpaired) electrons. The van der Waals surface area contributed by atoms with E-state index in [4.69, 9.17) is 5.73 Å². The fourth-order valence-corrected chi connectivity index (χ4v) is 2.67. The molecule has 2 aromatic carbocycles. The molecule has 0 fully saturated rings. The van der Waals surface area contributed by atoms with Gasteiger partial charge in [0.05, 0.1) is 12.6 Å². The molecule has 2 rings (SSSR count). The fourth-order valence-electron chi connectivity index (χ4n) is 2.67. The minimum atomic E-state index is -0.240. The van der Waals surface area contributed by atoms with Crippen LogP contribution in [0.3, 0.4) is 0 Å². The van der Waals surface area contributed by atoms with Gasteiger partial charge in [-0.15, -0.1) is 24.0 Å². The number of nitrogens with zero attached hydrogens (tertiary/aromatic N) is 2. The van der Waals surface area contributed by atoms with Crippen LogP contribution in [0.2, 0.25) is 0 Å². The number of hydrogen-bond donors (Lipinski definition) is 2. The Balaban J connectivity index is 0.00000312. The summed E-state index contributed by atoms with van der Waals surface area (Å²) in [5, 5.41) is 3.13. The summed E-state index contributed by atoms with van der Waals surface area (Å²) in [7, 11) is 3.94. The maximum Gasteiger partial charge on any atom is 0.193 e. The highest BCUT2D eigenvalue weighted by Gasteiger charge is 2.13. The van der Waals surface area contributed by atoms with Gasteiger partial charge < -0.3 is 16.0 Å². The molecular weight excluding hydrogens is 430 g/mol. The molecule has 0 aliphatic rings. The molecule has 0 aromatic heterocycles. The molecule has 3 N–H and O–H groups in total. The van der Waals surface area contributed by atoms with E-state index in [2.05, 4.69) is 16.4 Å². The first kappa shape index (κ1) is 21.4. The lowest BCUT2D eigenvalue weighted by Gasteiger charge is -2.23. The molecule has 0 bridgehead atoms. The molecule has 0 aliphatic heterocycles. The van der Waals surface area contributed by atoms with E-state index in [1.54, 1.807) is 12.1 Å². The normalized spacial score (nSPS) is 12.6. The smallest absolute Gasteiger partial charge is 0.193 e. The van der Waals surface area contributed by atoms with Gasteiger partial charge in [-0.1, -0.05) is 18.2 Å². The molecule has 0 heterocycles. The van der Waals surface area contributed by atoms with Crippen LogP contribution in [0.5, 0.6) is 0 Å². The van der Waals surface area contributed by atoms with Crippen molar-refractivity contribution in [2.45, 2.75) is 19.9 Å². The lowest BCUT2D eigenvalue weighted by Crippen LogP contribution is -2.27. The Kier molecular flexibility index (Phi) is 8.31. The van der Waals surface area contributed by atoms with E-state index >= 15 is 0 Å². The molecule has 25 heavy (non-hydrogen) atoms. The summed E-state index contributed by atoms with van der Waals surface area (Å²) in [6.07, 6.45) is 0. The lowest BCUT2D eigenvalue weighted by molar-refractivity contribution is 0.306. The van der Waals surface area contributed by atoms with Crippen LogP contribution in [0, 0.1) is 19.7 Å². The van der Waals surface area contributed by atoms with Crippen LogP contribution in [0.15, 0.2) is 47.5 Å². The summed E-state index contributed by atoms with van der Waals surface area (Å²) in [5.41, 5.74) is 10.3. The topological polar surface area (TPSA) is 53.6 Å². The summed E-state index contributed by atoms with van der Waals surface area (Å²) >= 11 is 0. The Labute approximate surface area is 166 Å². The highest BCUT2D eigenvalue weighted by atomic mass is 127. The highest BCUT2D eigenvalue weighted by Crippen LogP contribution is 2.19. The number of anilines is 1. The van der Waals surface area contributed by atoms with Crippen LogP contribution in [0.1, 0.15) is 22.7 Å². The number of rotatable bonds is 5. The number of hydrogen-bond acceptors (Lipinski definition) is 2. The van der Waals surface area contributed by atoms with Gasteiger partial charge >= 0.3 is 0 Å². The average Bonchev–Trinajstić information content (AvgIpc) is 2.47. The van der Waals surface area contributed by atoms with Crippen molar-refractivity contribution in [2.24, 2.45) is 10.7 Å². The Hall–Kier alpha value is -1.67. The predicted octanol–water partition coefficient (Wildman–Crippen LogP) is 4.09. The van der Waals surface area contributed by atoms with Crippen molar-refractivity contribution in [1.82, 2.24) is 4.90 Å². The number of halogens is 2. The van der Waals surface area contributed by atoms with Crippen LogP contribution >= 0.6 is 24.0 Å². The molecule has 4 nitrogen and oxygen atoms in total. The molecule has 136 valence electrons. The van der Waals surface area contributed by atoms with Crippen molar-refractivity contribution < 1.29 is 4.39 Å². The summed E-state index contributed by atoms with van der Waals surface area (Å²) < 4.78 is 13.1. The van der Waals surface area contributed by atoms with Gasteiger partial charge in [-0.2, -0.15) is 0 Å². The first-order chi connectivity index (χ1) is 11.3. The Morgan fingerprint density at radius 2 is 1.68 bits per heavy atom. The van der Waals surface area contributed by atoms with E-state index in [9.17, 15) is 4.39 Å². The zero-order chi connectivity index (χ0) is 17.7. The van der Waals surface area contributed by atoms with E-state index in [0.717, 1.165) is 11.3 Å². The van der Waals surface area contributed by atoms with Crippen molar-refractivity contribution >= 4 is 35.6 Å². The second-order valence-electron chi connectivity index (χ2n) is 6.26. The van der Waals surface area contributed by atoms with Gasteiger partial charge in [0.15, 0.2) is 5.96 Å². The molecule has 0 saturated carbocycles. The average molecular weight is 456 g/mol. The first-order valence-corrected chi connectivity index (χ1v) is 7.92. The van der Waals surface area contributed by atoms with Crippen molar-refractivity contribution in [3.05, 3.63) is 65.0 Å². The van der Waals surface area contributed by atoms with E-state index in [0.29, 0.717) is 12.5 Å². The van der Waals surface area contributed by atoms with Crippen molar-refractivity contribution in [3.8, 4) is 0 Å². The Morgan fingerprint density at radius 1 is 1.12 bits per heavy atom. The quantitative estimate of drug-likeness (QED) is 0.405. The van der Waals surface area contributed by atoms with Crippen molar-refractivity contribution in [1.29, 1.82) is 0 Å². The molecule has 0 amide bonds. The van der Waals surface area contributed by atoms with Crippen LogP contribution < -0.4 is 11.1 Å². The van der Waals surface area contributed by atoms with Crippen molar-refractivity contribution in [3.63, 3.8) is 0 Å². The minimum absolute atomic E-state index is 0. The number of aryl methyl sites for hydroxylation is 2. The standard InChI is InChI=1S/C19H25FN4.HI/c1-13-9-14(2)11-17(10-13)23-19(21)22-12-18(24(3)4)15-5-7-16(20)8-6-15;/h5-11,18H,12H2,1-4H3,(H3,21,22,23);1H. The zero-order valence-corrected chi connectivity index (χ0v) is 17.4. The zero-order valence-electron chi connectivity index (χ0n) is 15.1. The number of nitrogens with two attached hydrogens (primary N) is 1. The highest BCUT2D eigenvalue weighted by molar-refractivity contribution is 14.0. The van der Waals surface area contributed by atoms with Crippen molar-refractivity contribution in [2.75, 3.05) is 26.0 Å². The molecule has 1 atom stereocenters. The Morgan fingerprint density at radius 3 is 2.20 bits per heavy atom. The second-order valence-corrected chi connectivity index (χ2v) is 6.26. The third-order valence-electron chi connectivity index (χ3n) is 3.81. The molecular formula is C19H26FIN4. The number of likely N-dealkylation sites (N-methyl/N-ethyl adjacent to an activating group) is 1. The predicted molar refractivity (Wildman–Crippen MR) is 114 cm³/mol. The molecule has 1 unspecified atom stereocenters. The van der Waals surface area contributed by atoms with Gasteiger partial charge in [-0.05, 0) is 68.9 Å². The summed E-state index contributed by atoms with van der Waals surface area (Å²) in [6.45, 7) is 4.58. The SMILES string of the molecule is Cc1cc(C)cc(NC(N)=NCC(c2ccc(F)cc2)N(C)C)c1.I. The lowest BCUT2D eigenvalue weighted by atomic mass is 10.1. The van der Waals surface area contributed by atoms with Crippen LogP contribution in [-0.2, 0) is 0 Å².